The van der Waals surface area contributed by atoms with Gasteiger partial charge in [0.05, 0.1) is 6.42 Å². The fourth-order valence-electron chi connectivity index (χ4n) is 2.35. The number of hydrogen-bond donors (Lipinski definition) is 1. The second-order valence-electron chi connectivity index (χ2n) is 4.33. The number of fused-ring (bicyclic) bond motifs is 1. The first kappa shape index (κ1) is 11.6. The van der Waals surface area contributed by atoms with Crippen LogP contribution >= 0.6 is 11.3 Å². The topological polar surface area (TPSA) is 40.5 Å². The van der Waals surface area contributed by atoms with E-state index >= 15 is 0 Å². The van der Waals surface area contributed by atoms with Gasteiger partial charge in [0.15, 0.2) is 0 Å². The minimum atomic E-state index is -0.715. The van der Waals surface area contributed by atoms with E-state index in [1.54, 1.807) is 0 Å². The van der Waals surface area contributed by atoms with Gasteiger partial charge < -0.3 is 5.11 Å². The van der Waals surface area contributed by atoms with Crippen molar-refractivity contribution in [3.63, 3.8) is 0 Å². The SMILES string of the molecule is CN(CCC(=O)O)C1CCCc2sccc21. The van der Waals surface area contributed by atoms with E-state index in [0.29, 0.717) is 12.6 Å². The highest BCUT2D eigenvalue weighted by Gasteiger charge is 2.24. The molecule has 0 spiro atoms. The summed E-state index contributed by atoms with van der Waals surface area (Å²) in [6, 6.07) is 2.62. The third-order valence-corrected chi connectivity index (χ3v) is 4.23. The van der Waals surface area contributed by atoms with E-state index in [1.807, 2.05) is 18.4 Å². The highest BCUT2D eigenvalue weighted by Crippen LogP contribution is 2.36. The molecule has 0 saturated carbocycles. The molecule has 0 aliphatic heterocycles. The van der Waals surface area contributed by atoms with Crippen LogP contribution in [0.3, 0.4) is 0 Å². The van der Waals surface area contributed by atoms with Crippen molar-refractivity contribution in [1.82, 2.24) is 4.90 Å². The van der Waals surface area contributed by atoms with Crippen LogP contribution < -0.4 is 0 Å². The number of rotatable bonds is 4. The van der Waals surface area contributed by atoms with Crippen molar-refractivity contribution in [2.24, 2.45) is 0 Å². The fraction of sp³-hybridized carbons (Fsp3) is 0.583. The Bertz CT molecular complexity index is 375. The predicted molar refractivity (Wildman–Crippen MR) is 64.9 cm³/mol. The third kappa shape index (κ3) is 2.44. The van der Waals surface area contributed by atoms with Gasteiger partial charge in [-0.15, -0.1) is 11.3 Å². The molecule has 0 aromatic carbocycles. The summed E-state index contributed by atoms with van der Waals surface area (Å²) < 4.78 is 0. The summed E-state index contributed by atoms with van der Waals surface area (Å²) in [5, 5.41) is 10.8. The summed E-state index contributed by atoms with van der Waals surface area (Å²) in [5.41, 5.74) is 1.42. The molecule has 0 bridgehead atoms. The van der Waals surface area contributed by atoms with Crippen molar-refractivity contribution in [3.05, 3.63) is 21.9 Å². The molecule has 2 rings (SSSR count). The number of thiophene rings is 1. The lowest BCUT2D eigenvalue weighted by molar-refractivity contribution is -0.137. The van der Waals surface area contributed by atoms with Crippen LogP contribution in [0.15, 0.2) is 11.4 Å². The molecule has 1 aromatic rings. The Morgan fingerprint density at radius 3 is 3.25 bits per heavy atom. The molecule has 3 nitrogen and oxygen atoms in total. The lowest BCUT2D eigenvalue weighted by Gasteiger charge is -2.31. The van der Waals surface area contributed by atoms with Crippen molar-refractivity contribution < 1.29 is 9.90 Å². The van der Waals surface area contributed by atoms with Crippen molar-refractivity contribution in [1.29, 1.82) is 0 Å². The second-order valence-corrected chi connectivity index (χ2v) is 5.33. The van der Waals surface area contributed by atoms with Crippen LogP contribution in [0.5, 0.6) is 0 Å². The van der Waals surface area contributed by atoms with E-state index in [4.69, 9.17) is 5.11 Å². The molecule has 1 aliphatic carbocycles. The summed E-state index contributed by atoms with van der Waals surface area (Å²) in [6.07, 6.45) is 3.79. The lowest BCUT2D eigenvalue weighted by Crippen LogP contribution is -2.29. The first-order chi connectivity index (χ1) is 7.68. The number of nitrogens with zero attached hydrogens (tertiary/aromatic N) is 1. The Morgan fingerprint density at radius 1 is 1.69 bits per heavy atom. The van der Waals surface area contributed by atoms with E-state index in [0.717, 1.165) is 6.42 Å². The van der Waals surface area contributed by atoms with Crippen LogP contribution in [0.1, 0.15) is 35.7 Å². The van der Waals surface area contributed by atoms with E-state index in [2.05, 4.69) is 16.3 Å². The summed E-state index contributed by atoms with van der Waals surface area (Å²) in [6.45, 7) is 0.634. The zero-order valence-corrected chi connectivity index (χ0v) is 10.3. The Balaban J connectivity index is 2.03. The normalized spacial score (nSPS) is 19.8. The van der Waals surface area contributed by atoms with E-state index in [1.165, 1.54) is 23.3 Å². The number of carboxylic acids is 1. The molecule has 0 fully saturated rings. The molecule has 1 aliphatic rings. The van der Waals surface area contributed by atoms with Gasteiger partial charge >= 0.3 is 5.97 Å². The molecule has 1 unspecified atom stereocenters. The molecule has 1 atom stereocenters. The van der Waals surface area contributed by atoms with Crippen LogP contribution in [0, 0.1) is 0 Å². The zero-order valence-electron chi connectivity index (χ0n) is 9.48. The molecular weight excluding hydrogens is 222 g/mol. The monoisotopic (exact) mass is 239 g/mol. The molecule has 4 heteroatoms. The molecule has 0 radical (unpaired) electrons. The number of aryl methyl sites for hydroxylation is 1. The van der Waals surface area contributed by atoms with Crippen LogP contribution in [-0.2, 0) is 11.2 Å². The molecular formula is C12H17NO2S. The van der Waals surface area contributed by atoms with Crippen molar-refractivity contribution >= 4 is 17.3 Å². The molecule has 1 N–H and O–H groups in total. The molecule has 0 saturated heterocycles. The van der Waals surface area contributed by atoms with Gasteiger partial charge in [-0.1, -0.05) is 0 Å². The third-order valence-electron chi connectivity index (χ3n) is 3.23. The van der Waals surface area contributed by atoms with Gasteiger partial charge in [0.25, 0.3) is 0 Å². The quantitative estimate of drug-likeness (QED) is 0.877. The van der Waals surface area contributed by atoms with Gasteiger partial charge in [-0.25, -0.2) is 0 Å². The maximum Gasteiger partial charge on any atom is 0.304 e. The van der Waals surface area contributed by atoms with Gasteiger partial charge in [0.2, 0.25) is 0 Å². The molecule has 1 heterocycles. The van der Waals surface area contributed by atoms with Gasteiger partial charge in [-0.05, 0) is 43.3 Å². The van der Waals surface area contributed by atoms with E-state index in [-0.39, 0.29) is 6.42 Å². The second kappa shape index (κ2) is 4.97. The number of carbonyl (C=O) groups is 1. The maximum atomic E-state index is 10.6. The average Bonchev–Trinajstić information content (AvgIpc) is 2.73. The standard InChI is InChI=1S/C12H17NO2S/c1-13(7-5-12(14)15)10-3-2-4-11-9(10)6-8-16-11/h6,8,10H,2-5,7H2,1H3,(H,14,15). The average molecular weight is 239 g/mol. The van der Waals surface area contributed by atoms with Gasteiger partial charge in [-0.2, -0.15) is 0 Å². The fourth-order valence-corrected chi connectivity index (χ4v) is 3.33. The Kier molecular flexibility index (Phi) is 3.61. The number of aliphatic carboxylic acids is 1. The first-order valence-electron chi connectivity index (χ1n) is 5.67. The van der Waals surface area contributed by atoms with Crippen molar-refractivity contribution in [2.75, 3.05) is 13.6 Å². The molecule has 0 amide bonds. The maximum absolute atomic E-state index is 10.6. The number of carboxylic acid groups (broad SMARTS) is 1. The minimum absolute atomic E-state index is 0.229. The summed E-state index contributed by atoms with van der Waals surface area (Å²) >= 11 is 1.83. The molecule has 16 heavy (non-hydrogen) atoms. The Labute approximate surface area is 99.7 Å². The lowest BCUT2D eigenvalue weighted by atomic mass is 9.93. The van der Waals surface area contributed by atoms with Crippen LogP contribution in [-0.4, -0.2) is 29.6 Å². The first-order valence-corrected chi connectivity index (χ1v) is 6.54. The highest BCUT2D eigenvalue weighted by molar-refractivity contribution is 7.10. The Hall–Kier alpha value is -0.870. The Morgan fingerprint density at radius 2 is 2.50 bits per heavy atom. The van der Waals surface area contributed by atoms with Crippen LogP contribution in [0.25, 0.3) is 0 Å². The summed E-state index contributed by atoms with van der Waals surface area (Å²) in [4.78, 5) is 14.2. The van der Waals surface area contributed by atoms with Crippen molar-refractivity contribution in [3.8, 4) is 0 Å². The molecule has 88 valence electrons. The predicted octanol–water partition coefficient (Wildman–Crippen LogP) is 2.53. The van der Waals surface area contributed by atoms with Gasteiger partial charge in [0.1, 0.15) is 0 Å². The van der Waals surface area contributed by atoms with Gasteiger partial charge in [-0.3, -0.25) is 9.69 Å². The van der Waals surface area contributed by atoms with Crippen LogP contribution in [0.2, 0.25) is 0 Å². The van der Waals surface area contributed by atoms with Gasteiger partial charge in [0, 0.05) is 17.5 Å². The summed E-state index contributed by atoms with van der Waals surface area (Å²) in [7, 11) is 2.03. The van der Waals surface area contributed by atoms with E-state index < -0.39 is 5.97 Å². The molecule has 1 aromatic heterocycles. The smallest absolute Gasteiger partial charge is 0.304 e. The van der Waals surface area contributed by atoms with Crippen LogP contribution in [0.4, 0.5) is 0 Å². The van der Waals surface area contributed by atoms with Crippen molar-refractivity contribution in [2.45, 2.75) is 31.7 Å². The minimum Gasteiger partial charge on any atom is -0.481 e. The largest absolute Gasteiger partial charge is 0.481 e. The van der Waals surface area contributed by atoms with E-state index in [9.17, 15) is 4.79 Å². The zero-order chi connectivity index (χ0) is 11.5. The number of hydrogen-bond acceptors (Lipinski definition) is 3. The summed E-state index contributed by atoms with van der Waals surface area (Å²) in [5.74, 6) is -0.715. The highest BCUT2D eigenvalue weighted by atomic mass is 32.1.